The maximum Gasteiger partial charge on any atom is 0.315 e. The summed E-state index contributed by atoms with van der Waals surface area (Å²) in [5.41, 5.74) is 6.08. The molecule has 2 rings (SSSR count). The highest BCUT2D eigenvalue weighted by atomic mass is 16.3. The smallest absolute Gasteiger partial charge is 0.315 e. The van der Waals surface area contributed by atoms with Crippen molar-refractivity contribution in [2.75, 3.05) is 0 Å². The standard InChI is InChI=1S/C17H25N3O3/c1-11(2)10-17(7-8-17)20-16(23)19-14(15(18)22)9-12-3-5-13(21)6-4-12/h3-6,11,14,21H,7-10H2,1-2H3,(H2,18,22)(H2,19,20,23)/t14-/m0/s1. The summed E-state index contributed by atoms with van der Waals surface area (Å²) in [6.07, 6.45) is 3.16. The number of rotatable bonds is 7. The molecule has 5 N–H and O–H groups in total. The van der Waals surface area contributed by atoms with Crippen molar-refractivity contribution >= 4 is 11.9 Å². The monoisotopic (exact) mass is 319 g/mol. The third-order valence-corrected chi connectivity index (χ3v) is 4.06. The summed E-state index contributed by atoms with van der Waals surface area (Å²) in [4.78, 5) is 23.8. The summed E-state index contributed by atoms with van der Waals surface area (Å²) in [6, 6.07) is 5.34. The van der Waals surface area contributed by atoms with Gasteiger partial charge in [0.15, 0.2) is 0 Å². The number of aromatic hydroxyl groups is 1. The number of amides is 3. The average Bonchev–Trinajstić information content (AvgIpc) is 3.18. The zero-order valence-electron chi connectivity index (χ0n) is 13.6. The molecule has 3 amide bonds. The molecule has 1 aromatic rings. The quantitative estimate of drug-likeness (QED) is 0.614. The van der Waals surface area contributed by atoms with Gasteiger partial charge in [-0.15, -0.1) is 0 Å². The van der Waals surface area contributed by atoms with Crippen LogP contribution in [-0.2, 0) is 11.2 Å². The predicted octanol–water partition coefficient (Wildman–Crippen LogP) is 1.67. The summed E-state index contributed by atoms with van der Waals surface area (Å²) in [6.45, 7) is 4.24. The summed E-state index contributed by atoms with van der Waals surface area (Å²) in [5, 5.41) is 14.9. The van der Waals surface area contributed by atoms with Crippen LogP contribution in [0.5, 0.6) is 5.75 Å². The van der Waals surface area contributed by atoms with Crippen molar-refractivity contribution in [3.63, 3.8) is 0 Å². The Kier molecular flexibility index (Phi) is 5.13. The van der Waals surface area contributed by atoms with Crippen LogP contribution in [-0.4, -0.2) is 28.6 Å². The third-order valence-electron chi connectivity index (χ3n) is 4.06. The lowest BCUT2D eigenvalue weighted by Gasteiger charge is -2.22. The SMILES string of the molecule is CC(C)CC1(NC(=O)N[C@@H](Cc2ccc(O)cc2)C(N)=O)CC1. The molecule has 0 aromatic heterocycles. The molecule has 1 aliphatic rings. The minimum Gasteiger partial charge on any atom is -0.508 e. The van der Waals surface area contributed by atoms with E-state index in [0.717, 1.165) is 24.8 Å². The van der Waals surface area contributed by atoms with Gasteiger partial charge < -0.3 is 21.5 Å². The van der Waals surface area contributed by atoms with Crippen LogP contribution >= 0.6 is 0 Å². The Hall–Kier alpha value is -2.24. The predicted molar refractivity (Wildman–Crippen MR) is 87.9 cm³/mol. The Labute approximate surface area is 136 Å². The van der Waals surface area contributed by atoms with Crippen molar-refractivity contribution in [2.24, 2.45) is 11.7 Å². The lowest BCUT2D eigenvalue weighted by Crippen LogP contribution is -2.52. The number of urea groups is 1. The molecule has 23 heavy (non-hydrogen) atoms. The van der Waals surface area contributed by atoms with Crippen LogP contribution in [0.3, 0.4) is 0 Å². The van der Waals surface area contributed by atoms with E-state index < -0.39 is 11.9 Å². The van der Waals surface area contributed by atoms with Crippen LogP contribution in [0.1, 0.15) is 38.7 Å². The second-order valence-electron chi connectivity index (χ2n) is 6.80. The number of primary amides is 1. The maximum atomic E-state index is 12.2. The molecule has 0 spiro atoms. The van der Waals surface area contributed by atoms with E-state index in [-0.39, 0.29) is 17.3 Å². The maximum absolute atomic E-state index is 12.2. The van der Waals surface area contributed by atoms with Gasteiger partial charge in [-0.3, -0.25) is 4.79 Å². The molecule has 6 heteroatoms. The Balaban J connectivity index is 1.92. The number of carbonyl (C=O) groups excluding carboxylic acids is 2. The number of phenols is 1. The van der Waals surface area contributed by atoms with E-state index in [1.54, 1.807) is 12.1 Å². The number of nitrogens with two attached hydrogens (primary N) is 1. The van der Waals surface area contributed by atoms with Gasteiger partial charge in [0.05, 0.1) is 0 Å². The molecule has 6 nitrogen and oxygen atoms in total. The molecule has 0 bridgehead atoms. The Morgan fingerprint density at radius 2 is 1.87 bits per heavy atom. The van der Waals surface area contributed by atoms with Gasteiger partial charge in [0, 0.05) is 12.0 Å². The normalized spacial score (nSPS) is 16.7. The molecule has 0 heterocycles. The molecular weight excluding hydrogens is 294 g/mol. The second kappa shape index (κ2) is 6.89. The van der Waals surface area contributed by atoms with Crippen LogP contribution < -0.4 is 16.4 Å². The molecule has 126 valence electrons. The average molecular weight is 319 g/mol. The molecule has 0 saturated heterocycles. The van der Waals surface area contributed by atoms with Crippen LogP contribution in [0.15, 0.2) is 24.3 Å². The van der Waals surface area contributed by atoms with Crippen molar-refractivity contribution in [3.05, 3.63) is 29.8 Å². The van der Waals surface area contributed by atoms with Gasteiger partial charge in [-0.2, -0.15) is 0 Å². The number of phenolic OH excluding ortho intramolecular Hbond substituents is 1. The van der Waals surface area contributed by atoms with Gasteiger partial charge in [0.25, 0.3) is 0 Å². The lowest BCUT2D eigenvalue weighted by molar-refractivity contribution is -0.119. The fourth-order valence-corrected chi connectivity index (χ4v) is 2.84. The first kappa shape index (κ1) is 17.1. The molecule has 1 aromatic carbocycles. The first-order chi connectivity index (χ1) is 10.8. The molecule has 1 saturated carbocycles. The van der Waals surface area contributed by atoms with Crippen molar-refractivity contribution in [1.29, 1.82) is 0 Å². The highest BCUT2D eigenvalue weighted by Gasteiger charge is 2.44. The van der Waals surface area contributed by atoms with Crippen LogP contribution in [0.25, 0.3) is 0 Å². The van der Waals surface area contributed by atoms with Crippen LogP contribution in [0, 0.1) is 5.92 Å². The van der Waals surface area contributed by atoms with Crippen LogP contribution in [0.4, 0.5) is 4.79 Å². The van der Waals surface area contributed by atoms with Crippen molar-refractivity contribution in [3.8, 4) is 5.75 Å². The molecule has 1 aliphatic carbocycles. The molecule has 0 aliphatic heterocycles. The zero-order chi connectivity index (χ0) is 17.0. The number of carbonyl (C=O) groups is 2. The van der Waals surface area contributed by atoms with Gasteiger partial charge in [-0.1, -0.05) is 26.0 Å². The highest BCUT2D eigenvalue weighted by Crippen LogP contribution is 2.40. The second-order valence-corrected chi connectivity index (χ2v) is 6.80. The molecular formula is C17H25N3O3. The van der Waals surface area contributed by atoms with E-state index in [2.05, 4.69) is 24.5 Å². The summed E-state index contributed by atoms with van der Waals surface area (Å²) in [5.74, 6) is 0.0723. The number of benzene rings is 1. The van der Waals surface area contributed by atoms with Gasteiger partial charge in [0.2, 0.25) is 5.91 Å². The fourth-order valence-electron chi connectivity index (χ4n) is 2.84. The van der Waals surface area contributed by atoms with Crippen molar-refractivity contribution in [1.82, 2.24) is 10.6 Å². The van der Waals surface area contributed by atoms with E-state index in [9.17, 15) is 14.7 Å². The summed E-state index contributed by atoms with van der Waals surface area (Å²) in [7, 11) is 0. The van der Waals surface area contributed by atoms with E-state index in [4.69, 9.17) is 5.73 Å². The van der Waals surface area contributed by atoms with E-state index >= 15 is 0 Å². The Bertz CT molecular complexity index is 565. The van der Waals surface area contributed by atoms with E-state index in [1.165, 1.54) is 12.1 Å². The van der Waals surface area contributed by atoms with Crippen molar-refractivity contribution in [2.45, 2.75) is 51.1 Å². The van der Waals surface area contributed by atoms with Gasteiger partial charge in [-0.05, 0) is 42.9 Å². The largest absolute Gasteiger partial charge is 0.508 e. The summed E-state index contributed by atoms with van der Waals surface area (Å²) < 4.78 is 0. The van der Waals surface area contributed by atoms with Crippen molar-refractivity contribution < 1.29 is 14.7 Å². The van der Waals surface area contributed by atoms with E-state index in [1.807, 2.05) is 0 Å². The van der Waals surface area contributed by atoms with Gasteiger partial charge in [0.1, 0.15) is 11.8 Å². The summed E-state index contributed by atoms with van der Waals surface area (Å²) >= 11 is 0. The topological polar surface area (TPSA) is 104 Å². The number of hydrogen-bond acceptors (Lipinski definition) is 3. The first-order valence-electron chi connectivity index (χ1n) is 7.95. The van der Waals surface area contributed by atoms with Crippen LogP contribution in [0.2, 0.25) is 0 Å². The lowest BCUT2D eigenvalue weighted by atomic mass is 10.0. The number of nitrogens with one attached hydrogen (secondary N) is 2. The number of hydrogen-bond donors (Lipinski definition) is 4. The molecule has 0 radical (unpaired) electrons. The third kappa shape index (κ3) is 5.16. The fraction of sp³-hybridized carbons (Fsp3) is 0.529. The minimum atomic E-state index is -0.783. The minimum absolute atomic E-state index is 0.126. The van der Waals surface area contributed by atoms with Gasteiger partial charge in [-0.25, -0.2) is 4.79 Å². The molecule has 1 atom stereocenters. The van der Waals surface area contributed by atoms with Gasteiger partial charge >= 0.3 is 6.03 Å². The zero-order valence-corrected chi connectivity index (χ0v) is 13.6. The molecule has 0 unspecified atom stereocenters. The first-order valence-corrected chi connectivity index (χ1v) is 7.95. The Morgan fingerprint density at radius 3 is 2.35 bits per heavy atom. The Morgan fingerprint density at radius 1 is 1.26 bits per heavy atom. The van der Waals surface area contributed by atoms with E-state index in [0.29, 0.717) is 12.3 Å². The highest BCUT2D eigenvalue weighted by molar-refractivity contribution is 5.86. The molecule has 1 fully saturated rings.